The molecule has 0 spiro atoms. The Morgan fingerprint density at radius 2 is 1.50 bits per heavy atom. The van der Waals surface area contributed by atoms with Gasteiger partial charge in [-0.25, -0.2) is 4.99 Å². The molecule has 0 aliphatic heterocycles. The number of nitrogens with two attached hydrogens (primary N) is 1. The number of rotatable bonds is 4. The van der Waals surface area contributed by atoms with Crippen LogP contribution in [0.15, 0.2) is 102 Å². The van der Waals surface area contributed by atoms with Gasteiger partial charge in [-0.3, -0.25) is 4.98 Å². The van der Waals surface area contributed by atoms with Gasteiger partial charge in [0.25, 0.3) is 0 Å². The Labute approximate surface area is 186 Å². The maximum atomic E-state index is 5.95. The van der Waals surface area contributed by atoms with Gasteiger partial charge in [0.2, 0.25) is 0 Å². The third kappa shape index (κ3) is 3.84. The number of pyridine rings is 1. The zero-order valence-corrected chi connectivity index (χ0v) is 17.6. The van der Waals surface area contributed by atoms with Crippen LogP contribution in [0.25, 0.3) is 22.0 Å². The Morgan fingerprint density at radius 1 is 0.812 bits per heavy atom. The van der Waals surface area contributed by atoms with Gasteiger partial charge in [-0.1, -0.05) is 60.7 Å². The highest BCUT2D eigenvalue weighted by atomic mass is 15.1. The molecule has 0 fully saturated rings. The van der Waals surface area contributed by atoms with Crippen LogP contribution in [-0.4, -0.2) is 20.9 Å². The van der Waals surface area contributed by atoms with E-state index in [1.165, 1.54) is 0 Å². The first-order chi connectivity index (χ1) is 15.7. The number of hydrogen-bond acceptors (Lipinski definition) is 5. The smallest absolute Gasteiger partial charge is 0.146 e. The Hall–Kier alpha value is -4.38. The predicted molar refractivity (Wildman–Crippen MR) is 130 cm³/mol. The second-order valence-electron chi connectivity index (χ2n) is 7.59. The molecule has 0 unspecified atom stereocenters. The highest BCUT2D eigenvalue weighted by Crippen LogP contribution is 2.34. The summed E-state index contributed by atoms with van der Waals surface area (Å²) in [5, 5.41) is 9.35. The zero-order chi connectivity index (χ0) is 21.9. The van der Waals surface area contributed by atoms with Crippen molar-refractivity contribution < 1.29 is 0 Å². The Bertz CT molecular complexity index is 1390. The van der Waals surface area contributed by atoms with Crippen LogP contribution >= 0.6 is 0 Å². The fourth-order valence-electron chi connectivity index (χ4n) is 3.77. The maximum absolute atomic E-state index is 5.95. The monoisotopic (exact) mass is 415 g/mol. The molecule has 5 heteroatoms. The van der Waals surface area contributed by atoms with Crippen molar-refractivity contribution in [2.45, 2.75) is 6.92 Å². The van der Waals surface area contributed by atoms with Gasteiger partial charge in [0.05, 0.1) is 11.4 Å². The standard InChI is InChI=1S/C27H21N5/c1-18-12-13-29-17-23(18)21-14-22-16-25(28)31-32-27(22)24(15-21)30-26(19-8-4-2-5-9-19)20-10-6-3-7-11-20/h2-17H,1H3,(H2,28,31). The summed E-state index contributed by atoms with van der Waals surface area (Å²) in [5.41, 5.74) is 13.5. The largest absolute Gasteiger partial charge is 0.382 e. The summed E-state index contributed by atoms with van der Waals surface area (Å²) in [7, 11) is 0. The van der Waals surface area contributed by atoms with Crippen LogP contribution < -0.4 is 5.73 Å². The van der Waals surface area contributed by atoms with Gasteiger partial charge in [-0.2, -0.15) is 0 Å². The van der Waals surface area contributed by atoms with Crippen molar-refractivity contribution in [1.82, 2.24) is 15.2 Å². The van der Waals surface area contributed by atoms with E-state index in [0.29, 0.717) is 11.3 Å². The van der Waals surface area contributed by atoms with E-state index < -0.39 is 0 Å². The molecule has 2 aromatic heterocycles. The normalized spacial score (nSPS) is 10.8. The van der Waals surface area contributed by atoms with Crippen molar-refractivity contribution in [3.63, 3.8) is 0 Å². The molecule has 0 aliphatic carbocycles. The van der Waals surface area contributed by atoms with E-state index in [0.717, 1.165) is 44.6 Å². The number of fused-ring (bicyclic) bond motifs is 1. The lowest BCUT2D eigenvalue weighted by molar-refractivity contribution is 1.09. The Kier molecular flexibility index (Phi) is 5.14. The molecule has 0 aliphatic rings. The fraction of sp³-hybridized carbons (Fsp3) is 0.0370. The summed E-state index contributed by atoms with van der Waals surface area (Å²) >= 11 is 0. The van der Waals surface area contributed by atoms with Gasteiger partial charge < -0.3 is 5.73 Å². The van der Waals surface area contributed by atoms with Crippen LogP contribution in [0.2, 0.25) is 0 Å². The first-order valence-corrected chi connectivity index (χ1v) is 10.4. The average molecular weight is 416 g/mol. The van der Waals surface area contributed by atoms with Crippen LogP contribution in [0.3, 0.4) is 0 Å². The van der Waals surface area contributed by atoms with Crippen molar-refractivity contribution in [3.05, 3.63) is 114 Å². The molecule has 5 rings (SSSR count). The molecule has 0 radical (unpaired) electrons. The molecule has 5 nitrogen and oxygen atoms in total. The van der Waals surface area contributed by atoms with Crippen molar-refractivity contribution in [1.29, 1.82) is 0 Å². The molecule has 3 aromatic carbocycles. The molecule has 0 bridgehead atoms. The molecule has 0 amide bonds. The lowest BCUT2D eigenvalue weighted by atomic mass is 9.99. The topological polar surface area (TPSA) is 77.0 Å². The minimum Gasteiger partial charge on any atom is -0.382 e. The minimum atomic E-state index is 0.374. The summed E-state index contributed by atoms with van der Waals surface area (Å²) in [4.78, 5) is 9.44. The number of hydrogen-bond donors (Lipinski definition) is 1. The summed E-state index contributed by atoms with van der Waals surface area (Å²) in [6.45, 7) is 2.07. The van der Waals surface area contributed by atoms with E-state index in [-0.39, 0.29) is 0 Å². The molecule has 2 N–H and O–H groups in total. The van der Waals surface area contributed by atoms with Gasteiger partial charge >= 0.3 is 0 Å². The third-order valence-corrected chi connectivity index (χ3v) is 5.36. The van der Waals surface area contributed by atoms with Crippen molar-refractivity contribution in [2.24, 2.45) is 4.99 Å². The number of aliphatic imine (C=N–C) groups is 1. The number of nitrogens with zero attached hydrogens (tertiary/aromatic N) is 4. The van der Waals surface area contributed by atoms with Gasteiger partial charge in [-0.05, 0) is 42.3 Å². The number of aromatic nitrogens is 3. The first-order valence-electron chi connectivity index (χ1n) is 10.4. The van der Waals surface area contributed by atoms with Crippen LogP contribution in [-0.2, 0) is 0 Å². The molecule has 154 valence electrons. The summed E-state index contributed by atoms with van der Waals surface area (Å²) in [6.07, 6.45) is 3.67. The van der Waals surface area contributed by atoms with E-state index in [4.69, 9.17) is 10.7 Å². The molecular weight excluding hydrogens is 394 g/mol. The maximum Gasteiger partial charge on any atom is 0.146 e. The van der Waals surface area contributed by atoms with E-state index in [9.17, 15) is 0 Å². The Balaban J connectivity index is 1.80. The SMILES string of the molecule is Cc1ccncc1-c1cc(N=C(c2ccccc2)c2ccccc2)c2nnc(N)cc2c1. The molecular formula is C27H21N5. The van der Waals surface area contributed by atoms with E-state index in [1.54, 1.807) is 6.20 Å². The lowest BCUT2D eigenvalue weighted by Crippen LogP contribution is -2.03. The number of anilines is 1. The highest BCUT2D eigenvalue weighted by Gasteiger charge is 2.13. The molecule has 0 atom stereocenters. The zero-order valence-electron chi connectivity index (χ0n) is 17.6. The third-order valence-electron chi connectivity index (χ3n) is 5.36. The summed E-state index contributed by atoms with van der Waals surface area (Å²) in [6, 6.07) is 28.3. The second kappa shape index (κ2) is 8.40. The van der Waals surface area contributed by atoms with E-state index in [2.05, 4.69) is 52.4 Å². The van der Waals surface area contributed by atoms with E-state index in [1.807, 2.05) is 60.8 Å². The highest BCUT2D eigenvalue weighted by molar-refractivity contribution is 6.15. The predicted octanol–water partition coefficient (Wildman–Crippen LogP) is 5.75. The van der Waals surface area contributed by atoms with Gasteiger partial charge in [-0.15, -0.1) is 10.2 Å². The van der Waals surface area contributed by atoms with Crippen LogP contribution in [0.1, 0.15) is 16.7 Å². The van der Waals surface area contributed by atoms with Crippen LogP contribution in [0.5, 0.6) is 0 Å². The van der Waals surface area contributed by atoms with Crippen LogP contribution in [0.4, 0.5) is 11.5 Å². The van der Waals surface area contributed by atoms with Gasteiger partial charge in [0.15, 0.2) is 0 Å². The average Bonchev–Trinajstić information content (AvgIpc) is 2.83. The van der Waals surface area contributed by atoms with Crippen molar-refractivity contribution in [3.8, 4) is 11.1 Å². The molecule has 32 heavy (non-hydrogen) atoms. The van der Waals surface area contributed by atoms with Crippen LogP contribution in [0, 0.1) is 6.92 Å². The van der Waals surface area contributed by atoms with Crippen molar-refractivity contribution >= 4 is 28.1 Å². The fourth-order valence-corrected chi connectivity index (χ4v) is 3.77. The number of aryl methyl sites for hydroxylation is 1. The summed E-state index contributed by atoms with van der Waals surface area (Å²) in [5.74, 6) is 0.374. The number of benzene rings is 3. The quantitative estimate of drug-likeness (QED) is 0.379. The first kappa shape index (κ1) is 19.6. The Morgan fingerprint density at radius 3 is 2.16 bits per heavy atom. The molecule has 5 aromatic rings. The minimum absolute atomic E-state index is 0.374. The van der Waals surface area contributed by atoms with Gasteiger partial charge in [0, 0.05) is 34.5 Å². The van der Waals surface area contributed by atoms with Crippen molar-refractivity contribution in [2.75, 3.05) is 5.73 Å². The second-order valence-corrected chi connectivity index (χ2v) is 7.59. The number of nitrogen functional groups attached to an aromatic ring is 1. The summed E-state index contributed by atoms with van der Waals surface area (Å²) < 4.78 is 0. The lowest BCUT2D eigenvalue weighted by Gasteiger charge is -2.12. The molecule has 0 saturated heterocycles. The van der Waals surface area contributed by atoms with Gasteiger partial charge in [0.1, 0.15) is 11.3 Å². The van der Waals surface area contributed by atoms with E-state index >= 15 is 0 Å². The molecule has 0 saturated carbocycles. The molecule has 2 heterocycles.